The summed E-state index contributed by atoms with van der Waals surface area (Å²) in [7, 11) is 0. The normalized spacial score (nSPS) is 14.0. The third-order valence-electron chi connectivity index (χ3n) is 3.46. The average molecular weight is 535 g/mol. The highest BCUT2D eigenvalue weighted by molar-refractivity contribution is 8.01. The van der Waals surface area contributed by atoms with E-state index in [0.29, 0.717) is 11.1 Å². The minimum Gasteiger partial charge on any atom is -0.336 e. The van der Waals surface area contributed by atoms with Gasteiger partial charge in [-0.15, -0.1) is 11.8 Å². The molecular formula is C18H14Cl6N2O2S. The largest absolute Gasteiger partial charge is 0.336 e. The molecule has 11 heteroatoms. The van der Waals surface area contributed by atoms with Crippen molar-refractivity contribution in [2.45, 2.75) is 18.3 Å². The predicted octanol–water partition coefficient (Wildman–Crippen LogP) is 5.97. The summed E-state index contributed by atoms with van der Waals surface area (Å²) in [6.45, 7) is 0. The highest BCUT2D eigenvalue weighted by Crippen LogP contribution is 2.43. The molecule has 0 heterocycles. The number of alkyl halides is 6. The van der Waals surface area contributed by atoms with Crippen molar-refractivity contribution in [3.63, 3.8) is 0 Å². The fourth-order valence-electron chi connectivity index (χ4n) is 2.11. The molecule has 2 rings (SSSR count). The molecule has 2 atom stereocenters. The molecule has 4 nitrogen and oxygen atoms in total. The van der Waals surface area contributed by atoms with Crippen LogP contribution in [0, 0.1) is 0 Å². The van der Waals surface area contributed by atoms with E-state index in [1.807, 2.05) is 0 Å². The van der Waals surface area contributed by atoms with Gasteiger partial charge >= 0.3 is 0 Å². The number of carbonyl (C=O) groups is 2. The lowest BCUT2D eigenvalue weighted by Gasteiger charge is -2.32. The first-order valence-corrected chi connectivity index (χ1v) is 11.2. The number of hydrogen-bond acceptors (Lipinski definition) is 3. The van der Waals surface area contributed by atoms with Gasteiger partial charge in [-0.05, 0) is 24.3 Å². The molecule has 2 amide bonds. The molecule has 0 saturated heterocycles. The maximum Gasteiger partial charge on any atom is 0.252 e. The van der Waals surface area contributed by atoms with Crippen molar-refractivity contribution in [3.8, 4) is 0 Å². The molecule has 0 spiro atoms. The van der Waals surface area contributed by atoms with Crippen LogP contribution in [0.5, 0.6) is 0 Å². The van der Waals surface area contributed by atoms with Gasteiger partial charge in [-0.25, -0.2) is 0 Å². The summed E-state index contributed by atoms with van der Waals surface area (Å²) in [6, 6.07) is 16.7. The molecule has 0 aliphatic rings. The number of benzene rings is 2. The maximum atomic E-state index is 12.5. The Balaban J connectivity index is 2.20. The molecule has 29 heavy (non-hydrogen) atoms. The predicted molar refractivity (Wildman–Crippen MR) is 124 cm³/mol. The van der Waals surface area contributed by atoms with Crippen LogP contribution in [-0.2, 0) is 0 Å². The summed E-state index contributed by atoms with van der Waals surface area (Å²) >= 11 is 37.0. The molecule has 0 unspecified atom stereocenters. The Labute approximate surface area is 202 Å². The van der Waals surface area contributed by atoms with E-state index < -0.39 is 30.1 Å². The van der Waals surface area contributed by atoms with E-state index in [0.717, 1.165) is 11.8 Å². The van der Waals surface area contributed by atoms with Gasteiger partial charge in [0.2, 0.25) is 7.59 Å². The Morgan fingerprint density at radius 3 is 1.24 bits per heavy atom. The van der Waals surface area contributed by atoms with Crippen molar-refractivity contribution in [1.29, 1.82) is 0 Å². The van der Waals surface area contributed by atoms with Crippen LogP contribution in [0.4, 0.5) is 0 Å². The molecule has 156 valence electrons. The number of carbonyl (C=O) groups excluding carboxylic acids is 2. The van der Waals surface area contributed by atoms with Gasteiger partial charge in [0, 0.05) is 11.1 Å². The van der Waals surface area contributed by atoms with E-state index >= 15 is 0 Å². The lowest BCUT2D eigenvalue weighted by atomic mass is 10.2. The summed E-state index contributed by atoms with van der Waals surface area (Å²) < 4.78 is -3.92. The standard InChI is InChI=1S/C18H14Cl6N2O2S/c19-17(20,21)15(25-13(27)11-7-3-1-4-8-11)29-16(18(22,23)24)26-14(28)12-9-5-2-6-10-12/h1-10,15-16H,(H,25,27)(H,26,28)/t15-,16-/m0/s1. The van der Waals surface area contributed by atoms with Crippen molar-refractivity contribution < 1.29 is 9.59 Å². The number of hydrogen-bond donors (Lipinski definition) is 2. The molecule has 2 aromatic rings. The zero-order valence-electron chi connectivity index (χ0n) is 14.4. The molecule has 0 bridgehead atoms. The number of amides is 2. The van der Waals surface area contributed by atoms with Gasteiger partial charge in [0.05, 0.1) is 0 Å². The second-order valence-corrected chi connectivity index (χ2v) is 11.6. The van der Waals surface area contributed by atoms with Crippen LogP contribution < -0.4 is 10.6 Å². The number of halogens is 6. The number of thioether (sulfide) groups is 1. The Bertz CT molecular complexity index is 758. The van der Waals surface area contributed by atoms with E-state index in [1.165, 1.54) is 0 Å². The molecular weight excluding hydrogens is 521 g/mol. The lowest BCUT2D eigenvalue weighted by Crippen LogP contribution is -2.48. The average Bonchev–Trinajstić information content (AvgIpc) is 2.66. The SMILES string of the molecule is O=C(N[C@@H](S[C@H](NC(=O)c1ccccc1)C(Cl)(Cl)Cl)C(Cl)(Cl)Cl)c1ccccc1. The van der Waals surface area contributed by atoms with Crippen LogP contribution in [0.1, 0.15) is 20.7 Å². The van der Waals surface area contributed by atoms with E-state index in [2.05, 4.69) is 10.6 Å². The first-order valence-electron chi connectivity index (χ1n) is 7.99. The van der Waals surface area contributed by atoms with Gasteiger partial charge in [-0.2, -0.15) is 0 Å². The zero-order chi connectivity index (χ0) is 21.7. The van der Waals surface area contributed by atoms with Crippen LogP contribution in [0.3, 0.4) is 0 Å². The minimum atomic E-state index is -1.96. The molecule has 2 N–H and O–H groups in total. The number of rotatable bonds is 6. The molecule has 0 aromatic heterocycles. The first-order chi connectivity index (χ1) is 13.5. The molecule has 0 fully saturated rings. The Morgan fingerprint density at radius 1 is 0.655 bits per heavy atom. The van der Waals surface area contributed by atoms with Crippen molar-refractivity contribution in [3.05, 3.63) is 71.8 Å². The maximum absolute atomic E-state index is 12.5. The van der Waals surface area contributed by atoms with Crippen molar-refractivity contribution in [2.75, 3.05) is 0 Å². The second kappa shape index (κ2) is 10.7. The van der Waals surface area contributed by atoms with E-state index in [-0.39, 0.29) is 0 Å². The second-order valence-electron chi connectivity index (χ2n) is 5.66. The van der Waals surface area contributed by atoms with Gasteiger partial charge < -0.3 is 10.6 Å². The van der Waals surface area contributed by atoms with Gasteiger partial charge in [0.25, 0.3) is 11.8 Å². The molecule has 0 aliphatic heterocycles. The molecule has 2 aromatic carbocycles. The van der Waals surface area contributed by atoms with Gasteiger partial charge in [0.1, 0.15) is 10.7 Å². The fraction of sp³-hybridized carbons (Fsp3) is 0.222. The summed E-state index contributed by atoms with van der Waals surface area (Å²) in [5, 5.41) is 2.90. The summed E-state index contributed by atoms with van der Waals surface area (Å²) in [5.41, 5.74) is 0.706. The highest BCUT2D eigenvalue weighted by atomic mass is 35.6. The van der Waals surface area contributed by atoms with Crippen LogP contribution >= 0.6 is 81.4 Å². The van der Waals surface area contributed by atoms with Gasteiger partial charge in [-0.3, -0.25) is 9.59 Å². The van der Waals surface area contributed by atoms with Crippen LogP contribution in [0.25, 0.3) is 0 Å². The summed E-state index contributed by atoms with van der Waals surface area (Å²) in [6.07, 6.45) is 0. The van der Waals surface area contributed by atoms with E-state index in [4.69, 9.17) is 69.6 Å². The Hall–Kier alpha value is -0.530. The Morgan fingerprint density at radius 2 is 0.966 bits per heavy atom. The monoisotopic (exact) mass is 532 g/mol. The quantitative estimate of drug-likeness (QED) is 0.354. The number of nitrogens with one attached hydrogen (secondary N) is 2. The third kappa shape index (κ3) is 7.91. The highest BCUT2D eigenvalue weighted by Gasteiger charge is 2.43. The van der Waals surface area contributed by atoms with E-state index in [9.17, 15) is 9.59 Å². The zero-order valence-corrected chi connectivity index (χ0v) is 19.8. The van der Waals surface area contributed by atoms with Crippen LogP contribution in [0.15, 0.2) is 60.7 Å². The molecule has 0 saturated carbocycles. The summed E-state index contributed by atoms with van der Waals surface area (Å²) in [5.74, 6) is -0.987. The van der Waals surface area contributed by atoms with E-state index in [1.54, 1.807) is 60.7 Å². The minimum absolute atomic E-state index is 0.353. The molecule has 0 radical (unpaired) electrons. The first kappa shape index (κ1) is 24.7. The van der Waals surface area contributed by atoms with Crippen molar-refractivity contribution >= 4 is 93.2 Å². The molecule has 0 aliphatic carbocycles. The van der Waals surface area contributed by atoms with Crippen molar-refractivity contribution in [2.24, 2.45) is 0 Å². The van der Waals surface area contributed by atoms with Crippen LogP contribution in [-0.4, -0.2) is 30.1 Å². The summed E-state index contributed by atoms with van der Waals surface area (Å²) in [4.78, 5) is 25.0. The van der Waals surface area contributed by atoms with Crippen molar-refractivity contribution in [1.82, 2.24) is 10.6 Å². The van der Waals surface area contributed by atoms with Gasteiger partial charge in [0.15, 0.2) is 0 Å². The third-order valence-corrected chi connectivity index (χ3v) is 7.04. The van der Waals surface area contributed by atoms with Gasteiger partial charge in [-0.1, -0.05) is 106 Å². The fourth-order valence-corrected chi connectivity index (χ4v) is 4.29. The topological polar surface area (TPSA) is 58.2 Å². The lowest BCUT2D eigenvalue weighted by molar-refractivity contribution is 0.0945. The smallest absolute Gasteiger partial charge is 0.252 e. The Kier molecular flexibility index (Phi) is 9.10. The van der Waals surface area contributed by atoms with Crippen LogP contribution in [0.2, 0.25) is 0 Å².